The predicted molar refractivity (Wildman–Crippen MR) is 88.7 cm³/mol. The molecule has 114 valence electrons. The number of hydrogen-bond donors (Lipinski definition) is 1. The lowest BCUT2D eigenvalue weighted by molar-refractivity contribution is 0.0951. The van der Waals surface area contributed by atoms with Crippen LogP contribution in [-0.4, -0.2) is 10.8 Å². The lowest BCUT2D eigenvalue weighted by Gasteiger charge is -2.19. The molecule has 1 atom stereocenters. The Morgan fingerprint density at radius 1 is 0.783 bits per heavy atom. The fraction of sp³-hybridized carbons (Fsp3) is 0.111. The third-order valence-electron chi connectivity index (χ3n) is 3.26. The van der Waals surface area contributed by atoms with E-state index in [9.17, 15) is 5.11 Å². The summed E-state index contributed by atoms with van der Waals surface area (Å²) < 4.78 is 0. The van der Waals surface area contributed by atoms with Gasteiger partial charge in [-0.15, -0.1) is 5.11 Å². The highest BCUT2D eigenvalue weighted by atomic mass is 16.3. The summed E-state index contributed by atoms with van der Waals surface area (Å²) in [7, 11) is 0. The number of hydrogen-bond acceptors (Lipinski definition) is 5. The van der Waals surface area contributed by atoms with Crippen molar-refractivity contribution in [3.63, 3.8) is 0 Å². The SMILES string of the molecule is OC1(N=Nc2ccccc2)C=CC(N=Nc2ccccc2)=CC1. The maximum absolute atomic E-state index is 10.4. The molecule has 23 heavy (non-hydrogen) atoms. The Kier molecular flexibility index (Phi) is 4.49. The van der Waals surface area contributed by atoms with Gasteiger partial charge in [-0.1, -0.05) is 42.5 Å². The quantitative estimate of drug-likeness (QED) is 0.785. The molecule has 0 saturated carbocycles. The molecule has 0 radical (unpaired) electrons. The van der Waals surface area contributed by atoms with Crippen LogP contribution in [0.4, 0.5) is 11.4 Å². The van der Waals surface area contributed by atoms with Gasteiger partial charge in [-0.3, -0.25) is 0 Å². The van der Waals surface area contributed by atoms with Gasteiger partial charge in [-0.05, 0) is 36.4 Å². The average Bonchev–Trinajstić information content (AvgIpc) is 2.62. The van der Waals surface area contributed by atoms with Crippen LogP contribution in [0.25, 0.3) is 0 Å². The molecular weight excluding hydrogens is 288 g/mol. The van der Waals surface area contributed by atoms with E-state index in [1.54, 1.807) is 18.2 Å². The third-order valence-corrected chi connectivity index (χ3v) is 3.26. The normalized spacial score (nSPS) is 21.0. The van der Waals surface area contributed by atoms with E-state index in [2.05, 4.69) is 20.5 Å². The molecule has 1 unspecified atom stereocenters. The smallest absolute Gasteiger partial charge is 0.199 e. The molecule has 2 aromatic carbocycles. The van der Waals surface area contributed by atoms with Crippen molar-refractivity contribution < 1.29 is 5.11 Å². The van der Waals surface area contributed by atoms with Crippen LogP contribution in [0.15, 0.2) is 105 Å². The zero-order valence-corrected chi connectivity index (χ0v) is 12.4. The minimum Gasteiger partial charge on any atom is -0.364 e. The molecule has 5 heteroatoms. The average molecular weight is 304 g/mol. The molecule has 3 rings (SSSR count). The van der Waals surface area contributed by atoms with E-state index in [1.807, 2.05) is 60.7 Å². The highest BCUT2D eigenvalue weighted by Crippen LogP contribution is 2.26. The molecule has 0 spiro atoms. The molecular formula is C18H16N4O. The summed E-state index contributed by atoms with van der Waals surface area (Å²) in [5, 5.41) is 26.7. The van der Waals surface area contributed by atoms with E-state index in [-0.39, 0.29) is 0 Å². The first-order valence-electron chi connectivity index (χ1n) is 7.30. The van der Waals surface area contributed by atoms with E-state index in [1.165, 1.54) is 0 Å². The molecule has 1 aliphatic rings. The topological polar surface area (TPSA) is 69.7 Å². The van der Waals surface area contributed by atoms with Crippen molar-refractivity contribution in [2.45, 2.75) is 12.1 Å². The standard InChI is InChI=1S/C18H16N4O/c23-18(22-21-16-9-5-2-6-10-16)13-11-17(12-14-18)20-19-15-7-3-1-4-8-15/h1-13,23H,14H2. The monoisotopic (exact) mass is 304 g/mol. The van der Waals surface area contributed by atoms with E-state index in [4.69, 9.17) is 0 Å². The fourth-order valence-corrected chi connectivity index (χ4v) is 2.01. The molecule has 0 aliphatic heterocycles. The zero-order valence-electron chi connectivity index (χ0n) is 12.4. The van der Waals surface area contributed by atoms with Crippen LogP contribution in [0.2, 0.25) is 0 Å². The Labute approximate surface area is 134 Å². The number of benzene rings is 2. The van der Waals surface area contributed by atoms with Gasteiger partial charge < -0.3 is 5.11 Å². The van der Waals surface area contributed by atoms with Crippen LogP contribution < -0.4 is 0 Å². The summed E-state index contributed by atoms with van der Waals surface area (Å²) in [6.45, 7) is 0. The Hall–Kier alpha value is -2.92. The molecule has 0 amide bonds. The summed E-state index contributed by atoms with van der Waals surface area (Å²) >= 11 is 0. The lowest BCUT2D eigenvalue weighted by atomic mass is 10.0. The van der Waals surface area contributed by atoms with Crippen molar-refractivity contribution in [1.82, 2.24) is 0 Å². The number of rotatable bonds is 4. The van der Waals surface area contributed by atoms with Gasteiger partial charge in [0, 0.05) is 6.42 Å². The van der Waals surface area contributed by atoms with E-state index < -0.39 is 5.72 Å². The van der Waals surface area contributed by atoms with Crippen LogP contribution in [0.1, 0.15) is 6.42 Å². The zero-order chi connectivity index (χ0) is 16.0. The van der Waals surface area contributed by atoms with Gasteiger partial charge in [-0.25, -0.2) is 0 Å². The predicted octanol–water partition coefficient (Wildman–Crippen LogP) is 5.09. The van der Waals surface area contributed by atoms with Crippen molar-refractivity contribution in [2.24, 2.45) is 20.5 Å². The Morgan fingerprint density at radius 3 is 1.96 bits per heavy atom. The molecule has 0 saturated heterocycles. The number of azo groups is 2. The highest BCUT2D eigenvalue weighted by Gasteiger charge is 2.24. The first-order valence-corrected chi connectivity index (χ1v) is 7.30. The second-order valence-electron chi connectivity index (χ2n) is 5.12. The van der Waals surface area contributed by atoms with Crippen LogP contribution in [-0.2, 0) is 0 Å². The van der Waals surface area contributed by atoms with Crippen LogP contribution in [0.5, 0.6) is 0 Å². The van der Waals surface area contributed by atoms with Crippen molar-refractivity contribution in [2.75, 3.05) is 0 Å². The first kappa shape index (κ1) is 15.0. The van der Waals surface area contributed by atoms with Gasteiger partial charge in [0.15, 0.2) is 5.72 Å². The lowest BCUT2D eigenvalue weighted by Crippen LogP contribution is -2.23. The molecule has 5 nitrogen and oxygen atoms in total. The van der Waals surface area contributed by atoms with Crippen LogP contribution >= 0.6 is 0 Å². The largest absolute Gasteiger partial charge is 0.364 e. The number of nitrogens with zero attached hydrogens (tertiary/aromatic N) is 4. The van der Waals surface area contributed by atoms with Crippen LogP contribution in [0, 0.1) is 0 Å². The van der Waals surface area contributed by atoms with Gasteiger partial charge in [-0.2, -0.15) is 15.3 Å². The van der Waals surface area contributed by atoms with Crippen molar-refractivity contribution >= 4 is 11.4 Å². The Balaban J connectivity index is 1.65. The van der Waals surface area contributed by atoms with Crippen molar-refractivity contribution in [3.05, 3.63) is 84.6 Å². The molecule has 2 aromatic rings. The summed E-state index contributed by atoms with van der Waals surface area (Å²) in [5.41, 5.74) is 0.842. The van der Waals surface area contributed by atoms with E-state index >= 15 is 0 Å². The second-order valence-corrected chi connectivity index (χ2v) is 5.12. The van der Waals surface area contributed by atoms with Crippen molar-refractivity contribution in [3.8, 4) is 0 Å². The fourth-order valence-electron chi connectivity index (χ4n) is 2.01. The summed E-state index contributed by atoms with van der Waals surface area (Å²) in [5.74, 6) is 0. The van der Waals surface area contributed by atoms with Crippen molar-refractivity contribution in [1.29, 1.82) is 0 Å². The Bertz CT molecular complexity index is 766. The molecule has 0 heterocycles. The van der Waals surface area contributed by atoms with Gasteiger partial charge >= 0.3 is 0 Å². The first-order chi connectivity index (χ1) is 11.2. The number of allylic oxidation sites excluding steroid dienone is 1. The minimum absolute atomic E-state index is 0.309. The molecule has 0 aromatic heterocycles. The Morgan fingerprint density at radius 2 is 1.39 bits per heavy atom. The van der Waals surface area contributed by atoms with E-state index in [0.29, 0.717) is 17.8 Å². The molecule has 1 aliphatic carbocycles. The maximum Gasteiger partial charge on any atom is 0.199 e. The molecule has 1 N–H and O–H groups in total. The van der Waals surface area contributed by atoms with Crippen LogP contribution in [0.3, 0.4) is 0 Å². The maximum atomic E-state index is 10.4. The van der Waals surface area contributed by atoms with Gasteiger partial charge in [0.25, 0.3) is 0 Å². The highest BCUT2D eigenvalue weighted by molar-refractivity contribution is 5.36. The molecule has 0 fully saturated rings. The van der Waals surface area contributed by atoms with Gasteiger partial charge in [0.2, 0.25) is 0 Å². The summed E-state index contributed by atoms with van der Waals surface area (Å²) in [6, 6.07) is 18.8. The molecule has 0 bridgehead atoms. The minimum atomic E-state index is -1.33. The third kappa shape index (κ3) is 4.28. The van der Waals surface area contributed by atoms with Gasteiger partial charge in [0.05, 0.1) is 17.1 Å². The second kappa shape index (κ2) is 6.89. The summed E-state index contributed by atoms with van der Waals surface area (Å²) in [6.07, 6.45) is 5.37. The van der Waals surface area contributed by atoms with Gasteiger partial charge in [0.1, 0.15) is 0 Å². The van der Waals surface area contributed by atoms with E-state index in [0.717, 1.165) is 5.69 Å². The number of aliphatic hydroxyl groups is 1. The summed E-state index contributed by atoms with van der Waals surface area (Å²) in [4.78, 5) is 0.